The fourth-order valence-electron chi connectivity index (χ4n) is 3.85. The van der Waals surface area contributed by atoms with Gasteiger partial charge in [-0.2, -0.15) is 0 Å². The van der Waals surface area contributed by atoms with Crippen LogP contribution in [0.3, 0.4) is 0 Å². The van der Waals surface area contributed by atoms with Gasteiger partial charge in [0.1, 0.15) is 0 Å². The number of carbonyl (C=O) groups is 1. The van der Waals surface area contributed by atoms with Crippen molar-refractivity contribution in [3.8, 4) is 11.1 Å². The van der Waals surface area contributed by atoms with Crippen LogP contribution in [0.5, 0.6) is 0 Å². The first kappa shape index (κ1) is 21.0. The fourth-order valence-corrected chi connectivity index (χ4v) is 3.85. The van der Waals surface area contributed by atoms with Crippen molar-refractivity contribution in [1.82, 2.24) is 4.90 Å². The number of amides is 1. The molecule has 1 amide bonds. The molecule has 0 saturated carbocycles. The molecule has 3 heteroatoms. The van der Waals surface area contributed by atoms with Gasteiger partial charge in [-0.25, -0.2) is 4.79 Å². The Morgan fingerprint density at radius 2 is 1.67 bits per heavy atom. The van der Waals surface area contributed by atoms with E-state index in [2.05, 4.69) is 38.1 Å². The molecular formula is C24H33NO2. The van der Waals surface area contributed by atoms with Crippen LogP contribution < -0.4 is 0 Å². The lowest BCUT2D eigenvalue weighted by Gasteiger charge is -2.42. The van der Waals surface area contributed by atoms with Crippen LogP contribution in [0.15, 0.2) is 54.6 Å². The van der Waals surface area contributed by atoms with E-state index in [-0.39, 0.29) is 6.04 Å². The van der Waals surface area contributed by atoms with Gasteiger partial charge in [0.2, 0.25) is 0 Å². The van der Waals surface area contributed by atoms with Gasteiger partial charge in [-0.05, 0) is 49.4 Å². The maximum atomic E-state index is 12.2. The molecule has 0 bridgehead atoms. The quantitative estimate of drug-likeness (QED) is 0.488. The molecule has 3 nitrogen and oxygen atoms in total. The van der Waals surface area contributed by atoms with Gasteiger partial charge in [-0.1, -0.05) is 81.6 Å². The molecule has 27 heavy (non-hydrogen) atoms. The van der Waals surface area contributed by atoms with E-state index in [0.717, 1.165) is 48.8 Å². The van der Waals surface area contributed by atoms with Crippen molar-refractivity contribution >= 4 is 6.09 Å². The third-order valence-electron chi connectivity index (χ3n) is 5.46. The van der Waals surface area contributed by atoms with E-state index in [1.54, 1.807) is 4.90 Å². The van der Waals surface area contributed by atoms with Crippen LogP contribution in [-0.2, 0) is 5.54 Å². The van der Waals surface area contributed by atoms with Crippen molar-refractivity contribution < 1.29 is 9.90 Å². The Bertz CT molecular complexity index is 724. The van der Waals surface area contributed by atoms with E-state index >= 15 is 0 Å². The SMILES string of the molecule is CCCCCC(CC)N(C(=O)O)C(C)(C)c1cccc(-c2ccccc2)c1. The van der Waals surface area contributed by atoms with Gasteiger partial charge >= 0.3 is 6.09 Å². The zero-order valence-corrected chi connectivity index (χ0v) is 17.1. The summed E-state index contributed by atoms with van der Waals surface area (Å²) in [4.78, 5) is 13.9. The molecular weight excluding hydrogens is 334 g/mol. The molecule has 0 fully saturated rings. The Hall–Kier alpha value is -2.29. The minimum atomic E-state index is -0.839. The Morgan fingerprint density at radius 1 is 1.00 bits per heavy atom. The standard InChI is InChI=1S/C24H33NO2/c1-5-7-9-17-22(6-2)25(23(26)27)24(3,4)21-16-12-15-20(18-21)19-13-10-8-11-14-19/h8,10-16,18,22H,5-7,9,17H2,1-4H3,(H,26,27). The molecule has 2 aromatic rings. The number of hydrogen-bond acceptors (Lipinski definition) is 1. The molecule has 0 aliphatic heterocycles. The Balaban J connectivity index is 2.36. The number of benzene rings is 2. The summed E-state index contributed by atoms with van der Waals surface area (Å²) in [6, 6.07) is 18.5. The largest absolute Gasteiger partial charge is 0.465 e. The van der Waals surface area contributed by atoms with Crippen LogP contribution in [0.1, 0.15) is 65.4 Å². The van der Waals surface area contributed by atoms with Gasteiger partial charge < -0.3 is 5.11 Å². The minimum absolute atomic E-state index is 0.0319. The molecule has 0 saturated heterocycles. The first-order chi connectivity index (χ1) is 12.9. The van der Waals surface area contributed by atoms with Gasteiger partial charge in [0, 0.05) is 6.04 Å². The maximum Gasteiger partial charge on any atom is 0.408 e. The first-order valence-corrected chi connectivity index (χ1v) is 10.1. The fraction of sp³-hybridized carbons (Fsp3) is 0.458. The molecule has 0 aromatic heterocycles. The van der Waals surface area contributed by atoms with E-state index < -0.39 is 11.6 Å². The summed E-state index contributed by atoms with van der Waals surface area (Å²) in [6.07, 6.45) is 4.27. The molecule has 0 aliphatic rings. The van der Waals surface area contributed by atoms with Crippen LogP contribution in [0.2, 0.25) is 0 Å². The normalized spacial score (nSPS) is 12.6. The van der Waals surface area contributed by atoms with Crippen molar-refractivity contribution in [3.05, 3.63) is 60.2 Å². The maximum absolute atomic E-state index is 12.2. The van der Waals surface area contributed by atoms with Gasteiger partial charge in [-0.3, -0.25) is 4.90 Å². The number of nitrogens with zero attached hydrogens (tertiary/aromatic N) is 1. The summed E-state index contributed by atoms with van der Waals surface area (Å²) in [6.45, 7) is 8.30. The van der Waals surface area contributed by atoms with Crippen molar-refractivity contribution in [2.24, 2.45) is 0 Å². The third kappa shape index (κ3) is 5.12. The second kappa shape index (κ2) is 9.59. The highest BCUT2D eigenvalue weighted by Crippen LogP contribution is 2.34. The molecule has 2 rings (SSSR count). The topological polar surface area (TPSA) is 40.5 Å². The average Bonchev–Trinajstić information content (AvgIpc) is 2.67. The van der Waals surface area contributed by atoms with Crippen LogP contribution in [0.25, 0.3) is 11.1 Å². The van der Waals surface area contributed by atoms with Crippen LogP contribution >= 0.6 is 0 Å². The number of unbranched alkanes of at least 4 members (excludes halogenated alkanes) is 2. The van der Waals surface area contributed by atoms with E-state index in [1.165, 1.54) is 0 Å². The monoisotopic (exact) mass is 367 g/mol. The molecule has 1 unspecified atom stereocenters. The Kier molecular flexibility index (Phi) is 7.46. The summed E-state index contributed by atoms with van der Waals surface area (Å²) >= 11 is 0. The van der Waals surface area contributed by atoms with Crippen molar-refractivity contribution in [3.63, 3.8) is 0 Å². The zero-order chi connectivity index (χ0) is 19.9. The number of carboxylic acid groups (broad SMARTS) is 1. The van der Waals surface area contributed by atoms with E-state index in [4.69, 9.17) is 0 Å². The lowest BCUT2D eigenvalue weighted by molar-refractivity contribution is 0.0547. The second-order valence-corrected chi connectivity index (χ2v) is 7.72. The van der Waals surface area contributed by atoms with Crippen molar-refractivity contribution in [2.75, 3.05) is 0 Å². The van der Waals surface area contributed by atoms with Crippen LogP contribution in [-0.4, -0.2) is 22.1 Å². The minimum Gasteiger partial charge on any atom is -0.465 e. The van der Waals surface area contributed by atoms with Gasteiger partial charge in [0.25, 0.3) is 0 Å². The predicted octanol–water partition coefficient (Wildman–Crippen LogP) is 6.93. The zero-order valence-electron chi connectivity index (χ0n) is 17.1. The summed E-state index contributed by atoms with van der Waals surface area (Å²) in [5.41, 5.74) is 2.70. The molecule has 0 heterocycles. The summed E-state index contributed by atoms with van der Waals surface area (Å²) in [5.74, 6) is 0. The molecule has 0 aliphatic carbocycles. The highest BCUT2D eigenvalue weighted by atomic mass is 16.4. The number of rotatable bonds is 9. The molecule has 1 N–H and O–H groups in total. The van der Waals surface area contributed by atoms with Crippen molar-refractivity contribution in [2.45, 2.75) is 71.4 Å². The second-order valence-electron chi connectivity index (χ2n) is 7.72. The highest BCUT2D eigenvalue weighted by Gasteiger charge is 2.37. The van der Waals surface area contributed by atoms with Crippen LogP contribution in [0, 0.1) is 0 Å². The van der Waals surface area contributed by atoms with E-state index in [0.29, 0.717) is 0 Å². The van der Waals surface area contributed by atoms with Crippen LogP contribution in [0.4, 0.5) is 4.79 Å². The summed E-state index contributed by atoms with van der Waals surface area (Å²) < 4.78 is 0. The first-order valence-electron chi connectivity index (χ1n) is 10.1. The molecule has 1 atom stereocenters. The molecule has 0 radical (unpaired) electrons. The third-order valence-corrected chi connectivity index (χ3v) is 5.46. The van der Waals surface area contributed by atoms with Gasteiger partial charge in [0.05, 0.1) is 5.54 Å². The lowest BCUT2D eigenvalue weighted by atomic mass is 9.87. The van der Waals surface area contributed by atoms with E-state index in [1.807, 2.05) is 44.2 Å². The van der Waals surface area contributed by atoms with Crippen molar-refractivity contribution in [1.29, 1.82) is 0 Å². The summed E-state index contributed by atoms with van der Waals surface area (Å²) in [5, 5.41) is 10.0. The Morgan fingerprint density at radius 3 is 2.26 bits per heavy atom. The highest BCUT2D eigenvalue weighted by molar-refractivity contribution is 5.68. The molecule has 2 aromatic carbocycles. The molecule has 146 valence electrons. The summed E-state index contributed by atoms with van der Waals surface area (Å²) in [7, 11) is 0. The lowest BCUT2D eigenvalue weighted by Crippen LogP contribution is -2.50. The molecule has 0 spiro atoms. The average molecular weight is 368 g/mol. The number of hydrogen-bond donors (Lipinski definition) is 1. The predicted molar refractivity (Wildman–Crippen MR) is 113 cm³/mol. The Labute approximate surface area is 164 Å². The van der Waals surface area contributed by atoms with Gasteiger partial charge in [0.15, 0.2) is 0 Å². The van der Waals surface area contributed by atoms with Gasteiger partial charge in [-0.15, -0.1) is 0 Å². The smallest absolute Gasteiger partial charge is 0.408 e. The van der Waals surface area contributed by atoms with E-state index in [9.17, 15) is 9.90 Å².